The van der Waals surface area contributed by atoms with Crippen LogP contribution in [-0.2, 0) is 0 Å². The maximum Gasteiger partial charge on any atom is 0.152 e. The molecule has 0 spiro atoms. The Kier molecular flexibility index (Phi) is 6.05. The number of rotatable bonds is 2. The van der Waals surface area contributed by atoms with Crippen LogP contribution < -0.4 is 17.1 Å². The third kappa shape index (κ3) is 3.95. The molecule has 0 saturated heterocycles. The number of nitrogens with one attached hydrogen (secondary N) is 1. The van der Waals surface area contributed by atoms with Crippen LogP contribution in [0, 0.1) is 12.7 Å². The van der Waals surface area contributed by atoms with Gasteiger partial charge in [0.25, 0.3) is 0 Å². The van der Waals surface area contributed by atoms with E-state index in [9.17, 15) is 4.39 Å². The van der Waals surface area contributed by atoms with Crippen LogP contribution in [0.2, 0.25) is 0 Å². The van der Waals surface area contributed by atoms with E-state index in [-0.39, 0.29) is 11.7 Å². The van der Waals surface area contributed by atoms with E-state index in [2.05, 4.69) is 10.6 Å². The predicted molar refractivity (Wildman–Crippen MR) is 60.5 cm³/mol. The molecule has 0 amide bonds. The summed E-state index contributed by atoms with van der Waals surface area (Å²) in [6, 6.07) is 4.30. The molecule has 5 heteroatoms. The zero-order chi connectivity index (χ0) is 11.8. The van der Waals surface area contributed by atoms with E-state index in [4.69, 9.17) is 11.6 Å². The van der Waals surface area contributed by atoms with Gasteiger partial charge in [0.1, 0.15) is 5.82 Å². The summed E-state index contributed by atoms with van der Waals surface area (Å²) >= 11 is 0. The molecular formula is C10H17FN4. The largest absolute Gasteiger partial charge is 0.382 e. The van der Waals surface area contributed by atoms with Crippen molar-refractivity contribution >= 4 is 5.84 Å². The van der Waals surface area contributed by atoms with E-state index in [1.54, 1.807) is 6.07 Å². The Bertz CT molecular complexity index is 336. The fourth-order valence-electron chi connectivity index (χ4n) is 1.000. The summed E-state index contributed by atoms with van der Waals surface area (Å²) in [4.78, 5) is 0. The van der Waals surface area contributed by atoms with Gasteiger partial charge in [-0.25, -0.2) is 15.8 Å². The fraction of sp³-hybridized carbons (Fsp3) is 0.300. The minimum absolute atomic E-state index is 0.166. The lowest BCUT2D eigenvalue weighted by atomic mass is 10.1. The highest BCUT2D eigenvalue weighted by atomic mass is 19.1. The van der Waals surface area contributed by atoms with Gasteiger partial charge in [0.05, 0.1) is 0 Å². The molecule has 0 fully saturated rings. The number of hydrazine groups is 1. The molecule has 4 nitrogen and oxygen atoms in total. The Labute approximate surface area is 89.1 Å². The fourth-order valence-corrected chi connectivity index (χ4v) is 1.000. The van der Waals surface area contributed by atoms with E-state index >= 15 is 0 Å². The van der Waals surface area contributed by atoms with Gasteiger partial charge >= 0.3 is 0 Å². The first-order valence-corrected chi connectivity index (χ1v) is 4.70. The molecule has 1 aromatic carbocycles. The minimum atomic E-state index is -0.351. The van der Waals surface area contributed by atoms with Crippen molar-refractivity contribution in [3.8, 4) is 0 Å². The van der Waals surface area contributed by atoms with Crippen LogP contribution >= 0.6 is 0 Å². The van der Waals surface area contributed by atoms with Crippen LogP contribution in [0.3, 0.4) is 0 Å². The molecule has 0 aliphatic carbocycles. The molecule has 1 rings (SSSR count). The maximum absolute atomic E-state index is 12.8. The molecule has 0 aromatic heterocycles. The zero-order valence-corrected chi connectivity index (χ0v) is 9.21. The number of hydrogen-bond donors (Lipinski definition) is 3. The smallest absolute Gasteiger partial charge is 0.152 e. The first-order chi connectivity index (χ1) is 7.15. The average molecular weight is 212 g/mol. The zero-order valence-electron chi connectivity index (χ0n) is 9.21. The van der Waals surface area contributed by atoms with Crippen LogP contribution in [0.25, 0.3) is 0 Å². The molecule has 1 aromatic rings. The molecule has 0 atom stereocenters. The summed E-state index contributed by atoms with van der Waals surface area (Å²) in [7, 11) is 0. The van der Waals surface area contributed by atoms with Crippen molar-refractivity contribution in [2.45, 2.75) is 20.8 Å². The molecule has 0 unspecified atom stereocenters. The highest BCUT2D eigenvalue weighted by Crippen LogP contribution is 2.09. The van der Waals surface area contributed by atoms with Crippen molar-refractivity contribution in [1.29, 1.82) is 0 Å². The van der Waals surface area contributed by atoms with Crippen molar-refractivity contribution in [2.24, 2.45) is 16.7 Å². The number of halogens is 1. The Morgan fingerprint density at radius 1 is 1.40 bits per heavy atom. The lowest BCUT2D eigenvalue weighted by molar-refractivity contribution is 0.627. The molecule has 0 bridgehead atoms. The van der Waals surface area contributed by atoms with E-state index in [1.807, 2.05) is 20.8 Å². The summed E-state index contributed by atoms with van der Waals surface area (Å²) in [6.45, 7) is 5.81. The standard InChI is InChI=1S/C8H11FN4.C2H6/c1-5-2-3-6(9)4-7(5)8(10)12-13-11;1-2/h2-4,13H,11H2,1H3,(H2,10,12);1-2H3. The Balaban J connectivity index is 0.000000921. The summed E-state index contributed by atoms with van der Waals surface area (Å²) in [5.41, 5.74) is 8.95. The van der Waals surface area contributed by atoms with Crippen molar-refractivity contribution in [3.63, 3.8) is 0 Å². The lowest BCUT2D eigenvalue weighted by Gasteiger charge is -2.04. The molecule has 0 radical (unpaired) electrons. The van der Waals surface area contributed by atoms with E-state index < -0.39 is 0 Å². The molecule has 5 N–H and O–H groups in total. The van der Waals surface area contributed by atoms with Crippen LogP contribution in [0.15, 0.2) is 23.3 Å². The van der Waals surface area contributed by atoms with Crippen molar-refractivity contribution < 1.29 is 4.39 Å². The average Bonchev–Trinajstić information content (AvgIpc) is 2.25. The Hall–Kier alpha value is -1.62. The summed E-state index contributed by atoms with van der Waals surface area (Å²) in [5.74, 6) is 4.76. The van der Waals surface area contributed by atoms with E-state index in [0.717, 1.165) is 5.56 Å². The highest BCUT2D eigenvalue weighted by molar-refractivity contribution is 5.98. The van der Waals surface area contributed by atoms with Crippen molar-refractivity contribution in [1.82, 2.24) is 5.53 Å². The van der Waals surface area contributed by atoms with Crippen molar-refractivity contribution in [3.05, 3.63) is 35.1 Å². The molecule has 0 aliphatic rings. The third-order valence-electron chi connectivity index (χ3n) is 1.66. The van der Waals surface area contributed by atoms with E-state index in [0.29, 0.717) is 5.56 Å². The SMILES string of the molecule is CC.Cc1ccc(F)cc1/C(N)=N/NN. The van der Waals surface area contributed by atoms with Gasteiger partial charge in [0.15, 0.2) is 5.84 Å². The summed E-state index contributed by atoms with van der Waals surface area (Å²) in [5, 5.41) is 3.55. The second kappa shape index (κ2) is 6.78. The number of benzene rings is 1. The van der Waals surface area contributed by atoms with Gasteiger partial charge in [-0.1, -0.05) is 19.9 Å². The second-order valence-electron chi connectivity index (χ2n) is 2.59. The van der Waals surface area contributed by atoms with Crippen LogP contribution in [0.1, 0.15) is 25.0 Å². The van der Waals surface area contributed by atoms with E-state index in [1.165, 1.54) is 12.1 Å². The van der Waals surface area contributed by atoms with Gasteiger partial charge in [-0.3, -0.25) is 0 Å². The van der Waals surface area contributed by atoms with Gasteiger partial charge in [0.2, 0.25) is 0 Å². The Morgan fingerprint density at radius 2 is 2.00 bits per heavy atom. The van der Waals surface area contributed by atoms with Gasteiger partial charge in [0, 0.05) is 5.56 Å². The van der Waals surface area contributed by atoms with Crippen LogP contribution in [0.5, 0.6) is 0 Å². The number of hydrazone groups is 1. The topological polar surface area (TPSA) is 76.4 Å². The summed E-state index contributed by atoms with van der Waals surface area (Å²) in [6.07, 6.45) is 0. The van der Waals surface area contributed by atoms with Gasteiger partial charge in [-0.05, 0) is 24.6 Å². The molecule has 0 heterocycles. The van der Waals surface area contributed by atoms with Gasteiger partial charge in [-0.2, -0.15) is 0 Å². The van der Waals surface area contributed by atoms with Gasteiger partial charge < -0.3 is 5.73 Å². The first-order valence-electron chi connectivity index (χ1n) is 4.70. The third-order valence-corrected chi connectivity index (χ3v) is 1.66. The number of hydrogen-bond acceptors (Lipinski definition) is 3. The van der Waals surface area contributed by atoms with Crippen LogP contribution in [-0.4, -0.2) is 5.84 Å². The predicted octanol–water partition coefficient (Wildman–Crippen LogP) is 1.24. The molecular weight excluding hydrogens is 195 g/mol. The summed E-state index contributed by atoms with van der Waals surface area (Å²) < 4.78 is 12.8. The normalized spacial score (nSPS) is 10.3. The minimum Gasteiger partial charge on any atom is -0.382 e. The molecule has 0 aliphatic heterocycles. The number of amidine groups is 1. The lowest BCUT2D eigenvalue weighted by Crippen LogP contribution is -2.23. The number of nitrogens with zero attached hydrogens (tertiary/aromatic N) is 1. The first kappa shape index (κ1) is 13.4. The van der Waals surface area contributed by atoms with Crippen LogP contribution in [0.4, 0.5) is 4.39 Å². The number of nitrogens with two attached hydrogens (primary N) is 2. The quantitative estimate of drug-likeness (QED) is 0.299. The molecule has 0 saturated carbocycles. The number of aryl methyl sites for hydroxylation is 1. The van der Waals surface area contributed by atoms with Gasteiger partial charge in [-0.15, -0.1) is 5.10 Å². The second-order valence-corrected chi connectivity index (χ2v) is 2.59. The highest BCUT2D eigenvalue weighted by Gasteiger charge is 2.03. The monoisotopic (exact) mass is 212 g/mol. The maximum atomic E-state index is 12.8. The molecule has 84 valence electrons. The Morgan fingerprint density at radius 3 is 2.53 bits per heavy atom. The molecule has 15 heavy (non-hydrogen) atoms. The van der Waals surface area contributed by atoms with Crippen molar-refractivity contribution in [2.75, 3.05) is 0 Å².